The van der Waals surface area contributed by atoms with Gasteiger partial charge in [-0.1, -0.05) is 6.58 Å². The number of carboxylic acid groups (broad SMARTS) is 1. The molecule has 0 rings (SSSR count). The Morgan fingerprint density at radius 1 is 0.500 bits per heavy atom. The molecule has 0 aromatic carbocycles. The summed E-state index contributed by atoms with van der Waals surface area (Å²) in [5.74, 6) is -70.3. The van der Waals surface area contributed by atoms with Crippen LogP contribution in [0.1, 0.15) is 6.42 Å². The molecule has 0 amide bonds. The molecule has 0 aliphatic rings. The summed E-state index contributed by atoms with van der Waals surface area (Å²) in [6.07, 6.45) is -11.2. The van der Waals surface area contributed by atoms with Gasteiger partial charge in [0.1, 0.15) is 0 Å². The average molecular weight is 554 g/mol. The highest BCUT2D eigenvalue weighted by Crippen LogP contribution is 2.65. The van der Waals surface area contributed by atoms with E-state index in [1.807, 2.05) is 0 Å². The highest BCUT2D eigenvalue weighted by molar-refractivity contribution is 5.85. The molecule has 0 fully saturated rings. The van der Waals surface area contributed by atoms with Gasteiger partial charge in [-0.3, -0.25) is 0 Å². The second-order valence-electron chi connectivity index (χ2n) is 6.31. The van der Waals surface area contributed by atoms with E-state index >= 15 is 0 Å². The van der Waals surface area contributed by atoms with E-state index in [0.29, 0.717) is 0 Å². The van der Waals surface area contributed by atoms with Gasteiger partial charge < -0.3 is 5.11 Å². The van der Waals surface area contributed by atoms with Crippen molar-refractivity contribution >= 4 is 5.97 Å². The minimum absolute atomic E-state index is 2.07. The minimum Gasteiger partial charge on any atom is -0.478 e. The van der Waals surface area contributed by atoms with E-state index in [1.54, 1.807) is 0 Å². The number of aliphatic carboxylic acids is 1. The van der Waals surface area contributed by atoms with Crippen LogP contribution in [0.5, 0.6) is 0 Å². The Morgan fingerprint density at radius 3 is 0.971 bits per heavy atom. The molecule has 0 aromatic heterocycles. The monoisotopic (exact) mass is 554 g/mol. The lowest BCUT2D eigenvalue weighted by atomic mass is 9.86. The van der Waals surface area contributed by atoms with E-state index in [2.05, 4.69) is 6.58 Å². The molecule has 2 nitrogen and oxygen atoms in total. The van der Waals surface area contributed by atoms with Crippen molar-refractivity contribution < 1.29 is 93.3 Å². The topological polar surface area (TPSA) is 37.3 Å². The molecule has 0 bridgehead atoms. The van der Waals surface area contributed by atoms with Crippen molar-refractivity contribution in [3.05, 3.63) is 12.2 Å². The lowest BCUT2D eigenvalue weighted by molar-refractivity contribution is -0.468. The van der Waals surface area contributed by atoms with Gasteiger partial charge in [0.15, 0.2) is 0 Å². The molecule has 0 heterocycles. The van der Waals surface area contributed by atoms with Crippen LogP contribution in [0.15, 0.2) is 12.2 Å². The quantitative estimate of drug-likeness (QED) is 0.242. The van der Waals surface area contributed by atoms with Gasteiger partial charge in [0.05, 0.1) is 0 Å². The third kappa shape index (κ3) is 4.01. The van der Waals surface area contributed by atoms with Gasteiger partial charge in [-0.2, -0.15) is 83.4 Å². The van der Waals surface area contributed by atoms with E-state index in [0.717, 1.165) is 0 Å². The van der Waals surface area contributed by atoms with E-state index in [1.165, 1.54) is 0 Å². The predicted octanol–water partition coefficient (Wildman–Crippen LogP) is 6.66. The summed E-state index contributed by atoms with van der Waals surface area (Å²) in [7, 11) is 0. The summed E-state index contributed by atoms with van der Waals surface area (Å²) in [6.45, 7) is 2.07. The molecule has 202 valence electrons. The zero-order chi connectivity index (χ0) is 28.4. The largest absolute Gasteiger partial charge is 0.478 e. The molecule has 0 aliphatic carbocycles. The molecule has 0 saturated carbocycles. The number of alkyl halides is 19. The number of halogens is 19. The second-order valence-corrected chi connectivity index (χ2v) is 6.31. The Morgan fingerprint density at radius 2 is 0.735 bits per heavy atom. The Balaban J connectivity index is 6.88. The van der Waals surface area contributed by atoms with Gasteiger partial charge in [-0.15, -0.1) is 0 Å². The van der Waals surface area contributed by atoms with Crippen LogP contribution in [-0.2, 0) is 4.79 Å². The lowest BCUT2D eigenvalue weighted by Crippen LogP contribution is -2.75. The predicted molar refractivity (Wildman–Crippen MR) is 67.0 cm³/mol. The molecular weight excluding hydrogens is 549 g/mol. The third-order valence-electron chi connectivity index (χ3n) is 3.92. The van der Waals surface area contributed by atoms with E-state index in [4.69, 9.17) is 5.11 Å². The smallest absolute Gasteiger partial charge is 0.460 e. The van der Waals surface area contributed by atoms with Crippen molar-refractivity contribution in [3.63, 3.8) is 0 Å². The van der Waals surface area contributed by atoms with Crippen molar-refractivity contribution in [2.75, 3.05) is 0 Å². The molecule has 0 aromatic rings. The molecule has 0 aliphatic heterocycles. The summed E-state index contributed by atoms with van der Waals surface area (Å²) >= 11 is 0. The first-order valence-electron chi connectivity index (χ1n) is 7.33. The zero-order valence-corrected chi connectivity index (χ0v) is 15.0. The summed E-state index contributed by atoms with van der Waals surface area (Å²) in [5.41, 5.74) is -2.20. The van der Waals surface area contributed by atoms with Crippen molar-refractivity contribution in [2.24, 2.45) is 0 Å². The Kier molecular flexibility index (Phi) is 7.46. The molecule has 21 heteroatoms. The van der Waals surface area contributed by atoms with Crippen molar-refractivity contribution in [1.29, 1.82) is 0 Å². The average Bonchev–Trinajstić information content (AvgIpc) is 2.58. The van der Waals surface area contributed by atoms with Crippen LogP contribution in [0.2, 0.25) is 0 Å². The standard InChI is InChI=1S/C13H5F19O2/c1-3(4(33)34)2-5(14,15)6(16,17)7(18,19)8(20,21)9(22,23)10(24,25)11(26,27)12(28,29)13(30,31)32/h1-2H2,(H,33,34). The molecule has 0 saturated heterocycles. The fraction of sp³-hybridized carbons (Fsp3) is 0.769. The van der Waals surface area contributed by atoms with Crippen molar-refractivity contribution in [3.8, 4) is 0 Å². The normalized spacial score (nSPS) is 16.0. The molecule has 0 spiro atoms. The molecule has 34 heavy (non-hydrogen) atoms. The van der Waals surface area contributed by atoms with Gasteiger partial charge in [-0.25, -0.2) is 4.79 Å². The zero-order valence-electron chi connectivity index (χ0n) is 15.0. The summed E-state index contributed by atoms with van der Waals surface area (Å²) < 4.78 is 247. The first-order valence-corrected chi connectivity index (χ1v) is 7.33. The molecule has 0 radical (unpaired) electrons. The van der Waals surface area contributed by atoms with Crippen molar-refractivity contribution in [2.45, 2.75) is 60.0 Å². The fourth-order valence-electron chi connectivity index (χ4n) is 1.85. The Bertz CT molecular complexity index is 806. The number of carbonyl (C=O) groups is 1. The van der Waals surface area contributed by atoms with Gasteiger partial charge in [0, 0.05) is 12.0 Å². The van der Waals surface area contributed by atoms with Gasteiger partial charge in [-0.05, 0) is 0 Å². The second kappa shape index (κ2) is 7.95. The SMILES string of the molecule is C=C(CC(F)(F)C(F)(F)C(F)(F)C(F)(F)C(F)(F)C(F)(F)C(F)(F)C(F)(F)C(F)(F)F)C(=O)O. The summed E-state index contributed by atoms with van der Waals surface area (Å²) in [6, 6.07) is 0. The first-order chi connectivity index (χ1) is 14.3. The van der Waals surface area contributed by atoms with Crippen LogP contribution in [0.4, 0.5) is 83.4 Å². The number of rotatable bonds is 10. The van der Waals surface area contributed by atoms with Gasteiger partial charge >= 0.3 is 59.5 Å². The van der Waals surface area contributed by atoms with E-state index < -0.39 is 71.5 Å². The van der Waals surface area contributed by atoms with Gasteiger partial charge in [0.2, 0.25) is 0 Å². The maximum absolute atomic E-state index is 13.4. The lowest BCUT2D eigenvalue weighted by Gasteiger charge is -2.43. The van der Waals surface area contributed by atoms with Crippen LogP contribution in [-0.4, -0.2) is 64.6 Å². The van der Waals surface area contributed by atoms with Gasteiger partial charge in [0.25, 0.3) is 0 Å². The third-order valence-corrected chi connectivity index (χ3v) is 3.92. The van der Waals surface area contributed by atoms with Crippen LogP contribution in [0, 0.1) is 0 Å². The summed E-state index contributed by atoms with van der Waals surface area (Å²) in [5, 5.41) is 8.16. The van der Waals surface area contributed by atoms with Crippen LogP contribution in [0.25, 0.3) is 0 Å². The molecular formula is C13H5F19O2. The highest BCUT2D eigenvalue weighted by Gasteiger charge is 2.96. The van der Waals surface area contributed by atoms with Crippen LogP contribution >= 0.6 is 0 Å². The maximum Gasteiger partial charge on any atom is 0.460 e. The fourth-order valence-corrected chi connectivity index (χ4v) is 1.85. The van der Waals surface area contributed by atoms with Crippen molar-refractivity contribution in [1.82, 2.24) is 0 Å². The van der Waals surface area contributed by atoms with E-state index in [-0.39, 0.29) is 0 Å². The Labute approximate surface area is 173 Å². The maximum atomic E-state index is 13.4. The summed E-state index contributed by atoms with van der Waals surface area (Å²) in [4.78, 5) is 10.2. The molecule has 1 N–H and O–H groups in total. The van der Waals surface area contributed by atoms with E-state index in [9.17, 15) is 88.2 Å². The number of hydrogen-bond donors (Lipinski definition) is 1. The molecule has 0 unspecified atom stereocenters. The Hall–Kier alpha value is -2.12. The minimum atomic E-state index is -9.01. The van der Waals surface area contributed by atoms with Crippen LogP contribution in [0.3, 0.4) is 0 Å². The first kappa shape index (κ1) is 31.9. The molecule has 0 atom stereocenters. The highest BCUT2D eigenvalue weighted by atomic mass is 19.4. The number of hydrogen-bond acceptors (Lipinski definition) is 1. The number of carboxylic acids is 1. The van der Waals surface area contributed by atoms with Crippen LogP contribution < -0.4 is 0 Å².